The van der Waals surface area contributed by atoms with E-state index in [9.17, 15) is 4.79 Å². The number of carbonyl (C=O) groups excluding carboxylic acids is 1. The molecule has 1 aliphatic heterocycles. The predicted octanol–water partition coefficient (Wildman–Crippen LogP) is 2.58. The molecule has 0 aliphatic carbocycles. The van der Waals surface area contributed by atoms with Crippen LogP contribution in [0.3, 0.4) is 0 Å². The van der Waals surface area contributed by atoms with Crippen molar-refractivity contribution in [2.45, 2.75) is 24.2 Å². The Hall–Kier alpha value is -1.44. The molecule has 24 heavy (non-hydrogen) atoms. The van der Waals surface area contributed by atoms with E-state index < -0.39 is 0 Å². The van der Waals surface area contributed by atoms with E-state index in [-0.39, 0.29) is 5.91 Å². The van der Waals surface area contributed by atoms with Crippen LogP contribution >= 0.6 is 23.1 Å². The SMILES string of the molecule is Cc1nnc(SCC(=O)NC[C@@H]2CCN(Cc3ccccc3)C2)s1. The highest BCUT2D eigenvalue weighted by molar-refractivity contribution is 8.01. The quantitative estimate of drug-likeness (QED) is 0.767. The van der Waals surface area contributed by atoms with Gasteiger partial charge in [0.1, 0.15) is 5.01 Å². The molecule has 0 spiro atoms. The van der Waals surface area contributed by atoms with Crippen LogP contribution in [0.25, 0.3) is 0 Å². The summed E-state index contributed by atoms with van der Waals surface area (Å²) in [5.74, 6) is 1.04. The van der Waals surface area contributed by atoms with Crippen molar-refractivity contribution in [3.05, 3.63) is 40.9 Å². The Bertz CT molecular complexity index is 662. The third kappa shape index (κ3) is 5.29. The normalized spacial score (nSPS) is 18.0. The first-order valence-electron chi connectivity index (χ1n) is 8.15. The molecule has 1 aromatic carbocycles. The summed E-state index contributed by atoms with van der Waals surface area (Å²) in [6.07, 6.45) is 1.15. The topological polar surface area (TPSA) is 58.1 Å². The van der Waals surface area contributed by atoms with Gasteiger partial charge in [-0.3, -0.25) is 9.69 Å². The fourth-order valence-corrected chi connectivity index (χ4v) is 4.48. The molecule has 128 valence electrons. The number of thioether (sulfide) groups is 1. The molecule has 1 amide bonds. The van der Waals surface area contributed by atoms with Gasteiger partial charge in [-0.15, -0.1) is 10.2 Å². The van der Waals surface area contributed by atoms with Gasteiger partial charge in [0.15, 0.2) is 4.34 Å². The highest BCUT2D eigenvalue weighted by atomic mass is 32.2. The van der Waals surface area contributed by atoms with Crippen molar-refractivity contribution in [1.29, 1.82) is 0 Å². The number of amides is 1. The van der Waals surface area contributed by atoms with E-state index in [4.69, 9.17) is 0 Å². The maximum absolute atomic E-state index is 12.0. The zero-order valence-corrected chi connectivity index (χ0v) is 15.4. The van der Waals surface area contributed by atoms with Gasteiger partial charge in [-0.05, 0) is 31.4 Å². The van der Waals surface area contributed by atoms with Crippen LogP contribution < -0.4 is 5.32 Å². The first-order chi connectivity index (χ1) is 11.7. The van der Waals surface area contributed by atoms with E-state index in [0.29, 0.717) is 11.7 Å². The second-order valence-electron chi connectivity index (χ2n) is 6.06. The van der Waals surface area contributed by atoms with Crippen LogP contribution in [-0.4, -0.2) is 46.4 Å². The number of rotatable bonds is 7. The van der Waals surface area contributed by atoms with E-state index in [1.807, 2.05) is 13.0 Å². The highest BCUT2D eigenvalue weighted by Gasteiger charge is 2.22. The number of likely N-dealkylation sites (tertiary alicyclic amines) is 1. The van der Waals surface area contributed by atoms with Gasteiger partial charge < -0.3 is 5.32 Å². The number of benzene rings is 1. The van der Waals surface area contributed by atoms with Crippen LogP contribution in [0.5, 0.6) is 0 Å². The lowest BCUT2D eigenvalue weighted by Gasteiger charge is -2.16. The van der Waals surface area contributed by atoms with Crippen LogP contribution in [0.15, 0.2) is 34.7 Å². The van der Waals surface area contributed by atoms with Crippen molar-refractivity contribution in [2.24, 2.45) is 5.92 Å². The lowest BCUT2D eigenvalue weighted by molar-refractivity contribution is -0.118. The minimum absolute atomic E-state index is 0.0781. The Morgan fingerprint density at radius 2 is 2.21 bits per heavy atom. The van der Waals surface area contributed by atoms with Crippen molar-refractivity contribution in [3.8, 4) is 0 Å². The molecule has 1 fully saturated rings. The van der Waals surface area contributed by atoms with E-state index in [1.165, 1.54) is 28.7 Å². The maximum atomic E-state index is 12.0. The zero-order valence-electron chi connectivity index (χ0n) is 13.8. The standard InChI is InChI=1S/C17H22N4OS2/c1-13-19-20-17(24-13)23-12-16(22)18-9-15-7-8-21(11-15)10-14-5-3-2-4-6-14/h2-6,15H,7-12H2,1H3,(H,18,22)/t15-/m0/s1. The first kappa shape index (κ1) is 17.4. The number of nitrogens with zero attached hydrogens (tertiary/aromatic N) is 3. The molecule has 1 atom stereocenters. The van der Waals surface area contributed by atoms with Gasteiger partial charge in [0, 0.05) is 19.6 Å². The molecule has 0 radical (unpaired) electrons. The fourth-order valence-electron chi connectivity index (χ4n) is 2.84. The zero-order chi connectivity index (χ0) is 16.8. The molecular weight excluding hydrogens is 340 g/mol. The minimum atomic E-state index is 0.0781. The number of hydrogen-bond donors (Lipinski definition) is 1. The van der Waals surface area contributed by atoms with Crippen LogP contribution in [0.1, 0.15) is 17.0 Å². The Kier molecular flexibility index (Phi) is 6.23. The van der Waals surface area contributed by atoms with Crippen LogP contribution in [0, 0.1) is 12.8 Å². The van der Waals surface area contributed by atoms with Gasteiger partial charge in [0.2, 0.25) is 5.91 Å². The lowest BCUT2D eigenvalue weighted by Crippen LogP contribution is -2.32. The highest BCUT2D eigenvalue weighted by Crippen LogP contribution is 2.21. The molecule has 1 aliphatic rings. The van der Waals surface area contributed by atoms with E-state index in [0.717, 1.165) is 41.9 Å². The summed E-state index contributed by atoms with van der Waals surface area (Å²) in [5.41, 5.74) is 1.35. The molecule has 1 saturated heterocycles. The Morgan fingerprint density at radius 3 is 2.96 bits per heavy atom. The number of carbonyl (C=O) groups is 1. The number of aryl methyl sites for hydroxylation is 1. The smallest absolute Gasteiger partial charge is 0.230 e. The van der Waals surface area contributed by atoms with Crippen LogP contribution in [0.2, 0.25) is 0 Å². The van der Waals surface area contributed by atoms with Crippen LogP contribution in [-0.2, 0) is 11.3 Å². The van der Waals surface area contributed by atoms with Gasteiger partial charge in [0.05, 0.1) is 5.75 Å². The summed E-state index contributed by atoms with van der Waals surface area (Å²) in [6, 6.07) is 10.6. The van der Waals surface area contributed by atoms with Gasteiger partial charge in [-0.1, -0.05) is 53.4 Å². The Balaban J connectivity index is 1.34. The first-order valence-corrected chi connectivity index (χ1v) is 9.95. The minimum Gasteiger partial charge on any atom is -0.355 e. The second-order valence-corrected chi connectivity index (χ2v) is 8.46. The second kappa shape index (κ2) is 8.60. The van der Waals surface area contributed by atoms with Gasteiger partial charge in [0.25, 0.3) is 0 Å². The van der Waals surface area contributed by atoms with Crippen molar-refractivity contribution in [3.63, 3.8) is 0 Å². The van der Waals surface area contributed by atoms with Gasteiger partial charge >= 0.3 is 0 Å². The number of hydrogen-bond acceptors (Lipinski definition) is 6. The molecule has 1 N–H and O–H groups in total. The number of nitrogens with one attached hydrogen (secondary N) is 1. The van der Waals surface area contributed by atoms with Crippen molar-refractivity contribution in [1.82, 2.24) is 20.4 Å². The van der Waals surface area contributed by atoms with Gasteiger partial charge in [-0.2, -0.15) is 0 Å². The predicted molar refractivity (Wildman–Crippen MR) is 98.2 cm³/mol. The molecule has 5 nitrogen and oxygen atoms in total. The summed E-state index contributed by atoms with van der Waals surface area (Å²) in [7, 11) is 0. The van der Waals surface area contributed by atoms with Crippen molar-refractivity contribution in [2.75, 3.05) is 25.4 Å². The third-order valence-corrected chi connectivity index (χ3v) is 6.01. The molecule has 3 rings (SSSR count). The summed E-state index contributed by atoms with van der Waals surface area (Å²) in [6.45, 7) is 5.84. The van der Waals surface area contributed by atoms with Crippen LogP contribution in [0.4, 0.5) is 0 Å². The summed E-state index contributed by atoms with van der Waals surface area (Å²) < 4.78 is 0.859. The Labute approximate surface area is 150 Å². The molecule has 2 heterocycles. The fraction of sp³-hybridized carbons (Fsp3) is 0.471. The molecule has 0 unspecified atom stereocenters. The summed E-state index contributed by atoms with van der Waals surface area (Å²) in [4.78, 5) is 14.4. The van der Waals surface area contributed by atoms with E-state index in [2.05, 4.69) is 44.7 Å². The molecule has 1 aromatic heterocycles. The molecule has 0 bridgehead atoms. The monoisotopic (exact) mass is 362 g/mol. The molecule has 7 heteroatoms. The third-order valence-electron chi connectivity index (χ3n) is 4.04. The Morgan fingerprint density at radius 1 is 1.38 bits per heavy atom. The lowest BCUT2D eigenvalue weighted by atomic mass is 10.1. The van der Waals surface area contributed by atoms with Crippen molar-refractivity contribution < 1.29 is 4.79 Å². The number of aromatic nitrogens is 2. The van der Waals surface area contributed by atoms with E-state index in [1.54, 1.807) is 0 Å². The summed E-state index contributed by atoms with van der Waals surface area (Å²) in [5, 5.41) is 12.0. The average molecular weight is 363 g/mol. The maximum Gasteiger partial charge on any atom is 0.230 e. The molecule has 0 saturated carbocycles. The largest absolute Gasteiger partial charge is 0.355 e. The molecule has 2 aromatic rings. The average Bonchev–Trinajstić information content (AvgIpc) is 3.21. The van der Waals surface area contributed by atoms with Crippen molar-refractivity contribution >= 4 is 29.0 Å². The molecular formula is C17H22N4OS2. The van der Waals surface area contributed by atoms with Gasteiger partial charge in [-0.25, -0.2) is 0 Å². The summed E-state index contributed by atoms with van der Waals surface area (Å²) >= 11 is 2.98. The van der Waals surface area contributed by atoms with E-state index >= 15 is 0 Å².